The molecule has 0 aliphatic heterocycles. The van der Waals surface area contributed by atoms with Crippen molar-refractivity contribution in [2.45, 2.75) is 19.9 Å². The van der Waals surface area contributed by atoms with Crippen LogP contribution in [0, 0.1) is 10.5 Å². The van der Waals surface area contributed by atoms with Crippen LogP contribution in [0.15, 0.2) is 42.5 Å². The van der Waals surface area contributed by atoms with E-state index in [1.54, 1.807) is 0 Å². The fourth-order valence-corrected chi connectivity index (χ4v) is 2.70. The fraction of sp³-hybridized carbons (Fsp3) is 0.235. The lowest BCUT2D eigenvalue weighted by molar-refractivity contribution is 0.0950. The average molecular weight is 394 g/mol. The van der Waals surface area contributed by atoms with Gasteiger partial charge in [0, 0.05) is 10.1 Å². The van der Waals surface area contributed by atoms with Crippen LogP contribution in [-0.4, -0.2) is 12.5 Å². The highest BCUT2D eigenvalue weighted by Gasteiger charge is 2.10. The molecule has 0 heterocycles. The minimum Gasteiger partial charge on any atom is -0.348 e. The SMILES string of the molecule is Cc1cccc(C(=O)NCc2ccc(CCN)cc2)c1I. The Bertz CT molecular complexity index is 623. The van der Waals surface area contributed by atoms with E-state index < -0.39 is 0 Å². The Morgan fingerprint density at radius 2 is 1.81 bits per heavy atom. The first-order valence-electron chi connectivity index (χ1n) is 6.93. The molecule has 110 valence electrons. The number of nitrogens with one attached hydrogen (secondary N) is 1. The first-order valence-corrected chi connectivity index (χ1v) is 8.01. The van der Waals surface area contributed by atoms with E-state index in [-0.39, 0.29) is 5.91 Å². The molecular formula is C17H19IN2O. The van der Waals surface area contributed by atoms with Gasteiger partial charge in [0.25, 0.3) is 5.91 Å². The van der Waals surface area contributed by atoms with Gasteiger partial charge in [-0.25, -0.2) is 0 Å². The molecule has 1 amide bonds. The van der Waals surface area contributed by atoms with Crippen LogP contribution in [0.25, 0.3) is 0 Å². The molecule has 3 N–H and O–H groups in total. The molecule has 0 atom stereocenters. The molecule has 0 fully saturated rings. The topological polar surface area (TPSA) is 55.1 Å². The summed E-state index contributed by atoms with van der Waals surface area (Å²) in [6, 6.07) is 14.0. The molecule has 0 saturated heterocycles. The van der Waals surface area contributed by atoms with Crippen LogP contribution in [0.5, 0.6) is 0 Å². The van der Waals surface area contributed by atoms with E-state index in [0.717, 1.165) is 26.7 Å². The highest BCUT2D eigenvalue weighted by molar-refractivity contribution is 14.1. The lowest BCUT2D eigenvalue weighted by Gasteiger charge is -2.09. The predicted molar refractivity (Wildman–Crippen MR) is 94.3 cm³/mol. The maximum absolute atomic E-state index is 12.2. The van der Waals surface area contributed by atoms with Gasteiger partial charge < -0.3 is 11.1 Å². The second-order valence-electron chi connectivity index (χ2n) is 4.97. The van der Waals surface area contributed by atoms with Gasteiger partial charge in [0.1, 0.15) is 0 Å². The van der Waals surface area contributed by atoms with Crippen LogP contribution in [0.3, 0.4) is 0 Å². The van der Waals surface area contributed by atoms with Crippen molar-refractivity contribution in [3.05, 3.63) is 68.3 Å². The first kappa shape index (κ1) is 16.0. The molecular weight excluding hydrogens is 375 g/mol. The average Bonchev–Trinajstić information content (AvgIpc) is 2.49. The van der Waals surface area contributed by atoms with Crippen molar-refractivity contribution in [1.82, 2.24) is 5.32 Å². The van der Waals surface area contributed by atoms with Gasteiger partial charge in [-0.3, -0.25) is 4.79 Å². The van der Waals surface area contributed by atoms with Gasteiger partial charge in [0.2, 0.25) is 0 Å². The Morgan fingerprint density at radius 1 is 1.14 bits per heavy atom. The summed E-state index contributed by atoms with van der Waals surface area (Å²) >= 11 is 2.22. The number of nitrogens with two attached hydrogens (primary N) is 1. The van der Waals surface area contributed by atoms with E-state index in [9.17, 15) is 4.79 Å². The highest BCUT2D eigenvalue weighted by atomic mass is 127. The minimum atomic E-state index is -0.0332. The van der Waals surface area contributed by atoms with Crippen molar-refractivity contribution in [1.29, 1.82) is 0 Å². The van der Waals surface area contributed by atoms with Gasteiger partial charge in [0.15, 0.2) is 0 Å². The monoisotopic (exact) mass is 394 g/mol. The smallest absolute Gasteiger partial charge is 0.252 e. The van der Waals surface area contributed by atoms with E-state index in [4.69, 9.17) is 5.73 Å². The summed E-state index contributed by atoms with van der Waals surface area (Å²) in [5.41, 5.74) is 9.69. The van der Waals surface area contributed by atoms with Crippen LogP contribution in [-0.2, 0) is 13.0 Å². The van der Waals surface area contributed by atoms with Gasteiger partial charge in [-0.2, -0.15) is 0 Å². The van der Waals surface area contributed by atoms with Crippen molar-refractivity contribution in [2.75, 3.05) is 6.54 Å². The minimum absolute atomic E-state index is 0.0332. The number of hydrogen-bond acceptors (Lipinski definition) is 2. The predicted octanol–water partition coefficient (Wildman–Crippen LogP) is 3.03. The number of carbonyl (C=O) groups is 1. The molecule has 0 radical (unpaired) electrons. The van der Waals surface area contributed by atoms with Crippen LogP contribution >= 0.6 is 22.6 Å². The lowest BCUT2D eigenvalue weighted by Crippen LogP contribution is -2.23. The van der Waals surface area contributed by atoms with Crippen molar-refractivity contribution < 1.29 is 4.79 Å². The van der Waals surface area contributed by atoms with E-state index >= 15 is 0 Å². The molecule has 4 heteroatoms. The Balaban J connectivity index is 1.99. The van der Waals surface area contributed by atoms with E-state index in [2.05, 4.69) is 40.0 Å². The van der Waals surface area contributed by atoms with Gasteiger partial charge >= 0.3 is 0 Å². The third-order valence-electron chi connectivity index (χ3n) is 3.35. The van der Waals surface area contributed by atoms with Crippen molar-refractivity contribution in [2.24, 2.45) is 5.73 Å². The summed E-state index contributed by atoms with van der Waals surface area (Å²) in [6.45, 7) is 3.20. The zero-order valence-electron chi connectivity index (χ0n) is 12.0. The number of benzene rings is 2. The molecule has 2 rings (SSSR count). The fourth-order valence-electron chi connectivity index (χ4n) is 2.09. The van der Waals surface area contributed by atoms with Crippen LogP contribution < -0.4 is 11.1 Å². The van der Waals surface area contributed by atoms with Crippen molar-refractivity contribution in [3.8, 4) is 0 Å². The summed E-state index contributed by atoms with van der Waals surface area (Å²) in [6.07, 6.45) is 0.883. The molecule has 0 saturated carbocycles. The quantitative estimate of drug-likeness (QED) is 0.767. The van der Waals surface area contributed by atoms with Crippen LogP contribution in [0.4, 0.5) is 0 Å². The molecule has 0 unspecified atom stereocenters. The number of halogens is 1. The molecule has 21 heavy (non-hydrogen) atoms. The molecule has 0 aliphatic rings. The number of carbonyl (C=O) groups excluding carboxylic acids is 1. The molecule has 3 nitrogen and oxygen atoms in total. The summed E-state index contributed by atoms with van der Waals surface area (Å²) in [5, 5.41) is 2.97. The third-order valence-corrected chi connectivity index (χ3v) is 4.78. The number of aryl methyl sites for hydroxylation is 1. The largest absolute Gasteiger partial charge is 0.348 e. The van der Waals surface area contributed by atoms with E-state index in [1.165, 1.54) is 5.56 Å². The number of amides is 1. The number of hydrogen-bond donors (Lipinski definition) is 2. The van der Waals surface area contributed by atoms with Gasteiger partial charge in [-0.15, -0.1) is 0 Å². The van der Waals surface area contributed by atoms with E-state index in [0.29, 0.717) is 13.1 Å². The molecule has 2 aromatic rings. The zero-order valence-corrected chi connectivity index (χ0v) is 14.2. The Hall–Kier alpha value is -1.40. The maximum atomic E-state index is 12.2. The highest BCUT2D eigenvalue weighted by Crippen LogP contribution is 2.16. The molecule has 0 spiro atoms. The number of rotatable bonds is 5. The zero-order chi connectivity index (χ0) is 15.2. The summed E-state index contributed by atoms with van der Waals surface area (Å²) in [7, 11) is 0. The van der Waals surface area contributed by atoms with Crippen molar-refractivity contribution in [3.63, 3.8) is 0 Å². The third kappa shape index (κ3) is 4.28. The second kappa shape index (κ2) is 7.56. The summed E-state index contributed by atoms with van der Waals surface area (Å²) in [5.74, 6) is -0.0332. The summed E-state index contributed by atoms with van der Waals surface area (Å²) in [4.78, 5) is 12.2. The standard InChI is InChI=1S/C17H19IN2O/c1-12-3-2-4-15(16(12)18)17(21)20-11-14-7-5-13(6-8-14)9-10-19/h2-8H,9-11,19H2,1H3,(H,20,21). The molecule has 2 aromatic carbocycles. The normalized spacial score (nSPS) is 10.4. The van der Waals surface area contributed by atoms with Gasteiger partial charge in [-0.1, -0.05) is 36.4 Å². The lowest BCUT2D eigenvalue weighted by atomic mass is 10.1. The van der Waals surface area contributed by atoms with Gasteiger partial charge in [-0.05, 0) is 65.2 Å². The Morgan fingerprint density at radius 3 is 2.48 bits per heavy atom. The van der Waals surface area contributed by atoms with Crippen LogP contribution in [0.1, 0.15) is 27.0 Å². The van der Waals surface area contributed by atoms with Crippen LogP contribution in [0.2, 0.25) is 0 Å². The van der Waals surface area contributed by atoms with Gasteiger partial charge in [0.05, 0.1) is 5.56 Å². The second-order valence-corrected chi connectivity index (χ2v) is 6.05. The molecule has 0 bridgehead atoms. The van der Waals surface area contributed by atoms with Crippen molar-refractivity contribution >= 4 is 28.5 Å². The Kier molecular flexibility index (Phi) is 5.76. The molecule has 0 aliphatic carbocycles. The first-order chi connectivity index (χ1) is 10.1. The Labute approximate surface area is 139 Å². The van der Waals surface area contributed by atoms with E-state index in [1.807, 2.05) is 37.3 Å². The molecule has 0 aromatic heterocycles. The summed E-state index contributed by atoms with van der Waals surface area (Å²) < 4.78 is 1.01. The maximum Gasteiger partial charge on any atom is 0.252 e.